The first-order valence-corrected chi connectivity index (χ1v) is 4.18. The number of benzene rings is 1. The second kappa shape index (κ2) is 4.79. The Morgan fingerprint density at radius 3 is 2.81 bits per heavy atom. The van der Waals surface area contributed by atoms with E-state index in [0.29, 0.717) is 5.56 Å². The molecule has 0 aliphatic carbocycles. The van der Waals surface area contributed by atoms with Crippen LogP contribution in [0.4, 0.5) is 11.4 Å². The van der Waals surface area contributed by atoms with Gasteiger partial charge in [-0.3, -0.25) is 10.1 Å². The number of hydrogen-bond donors (Lipinski definition) is 1. The van der Waals surface area contributed by atoms with E-state index in [0.717, 1.165) is 0 Å². The van der Waals surface area contributed by atoms with Crippen LogP contribution in [0.25, 0.3) is 0 Å². The van der Waals surface area contributed by atoms with Crippen molar-refractivity contribution in [2.24, 2.45) is 0 Å². The summed E-state index contributed by atoms with van der Waals surface area (Å²) in [5.41, 5.74) is 5.53. The van der Waals surface area contributed by atoms with E-state index in [-0.39, 0.29) is 11.4 Å². The Morgan fingerprint density at radius 1 is 1.56 bits per heavy atom. The first-order valence-electron chi connectivity index (χ1n) is 4.18. The minimum atomic E-state index is -0.709. The molecule has 0 aliphatic heterocycles. The molecule has 0 amide bonds. The molecule has 16 heavy (non-hydrogen) atoms. The Balaban J connectivity index is 3.07. The zero-order valence-corrected chi connectivity index (χ0v) is 8.39. The standard InChI is InChI=1S/C10H8N2O4/c1-16-10(13)5-3-7-2-4-8(11)9(6-7)12(14)15/h2,4,6H,11H2,1H3. The Morgan fingerprint density at radius 2 is 2.25 bits per heavy atom. The summed E-state index contributed by atoms with van der Waals surface area (Å²) in [6.45, 7) is 0. The number of ether oxygens (including phenoxy) is 1. The van der Waals surface area contributed by atoms with Crippen LogP contribution in [0.1, 0.15) is 5.56 Å². The molecule has 0 spiro atoms. The molecule has 1 rings (SSSR count). The van der Waals surface area contributed by atoms with Gasteiger partial charge in [0.2, 0.25) is 0 Å². The topological polar surface area (TPSA) is 95.5 Å². The summed E-state index contributed by atoms with van der Waals surface area (Å²) in [4.78, 5) is 20.7. The maximum absolute atomic E-state index is 10.7. The monoisotopic (exact) mass is 220 g/mol. The van der Waals surface area contributed by atoms with Crippen molar-refractivity contribution in [2.45, 2.75) is 0 Å². The third kappa shape index (κ3) is 2.72. The van der Waals surface area contributed by atoms with Crippen LogP contribution in [0, 0.1) is 22.0 Å². The smallest absolute Gasteiger partial charge is 0.384 e. The number of rotatable bonds is 1. The van der Waals surface area contributed by atoms with E-state index in [1.807, 2.05) is 0 Å². The zero-order valence-electron chi connectivity index (χ0n) is 8.39. The molecule has 0 aliphatic rings. The van der Waals surface area contributed by atoms with Crippen molar-refractivity contribution in [3.05, 3.63) is 33.9 Å². The van der Waals surface area contributed by atoms with Crippen LogP contribution in [0.5, 0.6) is 0 Å². The summed E-state index contributed by atoms with van der Waals surface area (Å²) < 4.78 is 4.30. The van der Waals surface area contributed by atoms with Gasteiger partial charge in [0.05, 0.1) is 12.0 Å². The molecule has 0 heterocycles. The number of nitrogens with zero attached hydrogens (tertiary/aromatic N) is 1. The number of methoxy groups -OCH3 is 1. The van der Waals surface area contributed by atoms with Gasteiger partial charge in [-0.25, -0.2) is 4.79 Å². The van der Waals surface area contributed by atoms with E-state index in [1.165, 1.54) is 25.3 Å². The van der Waals surface area contributed by atoms with Crippen LogP contribution in [0.2, 0.25) is 0 Å². The molecule has 0 aromatic heterocycles. The molecule has 0 atom stereocenters. The van der Waals surface area contributed by atoms with Gasteiger partial charge in [-0.15, -0.1) is 0 Å². The number of carbonyl (C=O) groups excluding carboxylic acids is 1. The molecule has 82 valence electrons. The Bertz CT molecular complexity index is 499. The molecule has 1 aromatic rings. The first kappa shape index (κ1) is 11.5. The van der Waals surface area contributed by atoms with E-state index >= 15 is 0 Å². The number of nitrogen functional groups attached to an aromatic ring is 1. The molecule has 0 unspecified atom stereocenters. The summed E-state index contributed by atoms with van der Waals surface area (Å²) in [7, 11) is 1.20. The third-order valence-electron chi connectivity index (χ3n) is 1.72. The fourth-order valence-corrected chi connectivity index (χ4v) is 0.954. The zero-order chi connectivity index (χ0) is 12.1. The maximum atomic E-state index is 10.7. The highest BCUT2D eigenvalue weighted by molar-refractivity contribution is 5.89. The van der Waals surface area contributed by atoms with Gasteiger partial charge in [-0.05, 0) is 12.1 Å². The summed E-state index contributed by atoms with van der Waals surface area (Å²) in [5, 5.41) is 10.6. The number of nitrogens with two attached hydrogens (primary N) is 1. The Kier molecular flexibility index (Phi) is 3.45. The third-order valence-corrected chi connectivity index (χ3v) is 1.72. The average molecular weight is 220 g/mol. The van der Waals surface area contributed by atoms with Gasteiger partial charge in [-0.1, -0.05) is 5.92 Å². The van der Waals surface area contributed by atoms with Crippen molar-refractivity contribution in [2.75, 3.05) is 12.8 Å². The highest BCUT2D eigenvalue weighted by Crippen LogP contribution is 2.21. The molecule has 6 heteroatoms. The van der Waals surface area contributed by atoms with Crippen molar-refractivity contribution >= 4 is 17.3 Å². The van der Waals surface area contributed by atoms with Crippen LogP contribution < -0.4 is 5.73 Å². The van der Waals surface area contributed by atoms with Crippen molar-refractivity contribution in [1.82, 2.24) is 0 Å². The minimum Gasteiger partial charge on any atom is -0.459 e. The number of hydrogen-bond acceptors (Lipinski definition) is 5. The molecule has 0 fully saturated rings. The lowest BCUT2D eigenvalue weighted by molar-refractivity contribution is -0.383. The van der Waals surface area contributed by atoms with Gasteiger partial charge >= 0.3 is 5.97 Å². The van der Waals surface area contributed by atoms with Crippen LogP contribution in [-0.2, 0) is 9.53 Å². The molecule has 6 nitrogen and oxygen atoms in total. The van der Waals surface area contributed by atoms with E-state index in [9.17, 15) is 14.9 Å². The molecule has 2 N–H and O–H groups in total. The number of nitro groups is 1. The average Bonchev–Trinajstić information content (AvgIpc) is 2.27. The predicted octanol–water partition coefficient (Wildman–Crippen LogP) is 0.702. The molecule has 0 saturated heterocycles. The van der Waals surface area contributed by atoms with E-state index in [4.69, 9.17) is 5.73 Å². The van der Waals surface area contributed by atoms with Crippen LogP contribution in [0.3, 0.4) is 0 Å². The van der Waals surface area contributed by atoms with Crippen molar-refractivity contribution in [3.63, 3.8) is 0 Å². The molecular formula is C10H8N2O4. The largest absolute Gasteiger partial charge is 0.459 e. The van der Waals surface area contributed by atoms with Crippen LogP contribution in [-0.4, -0.2) is 18.0 Å². The Labute approximate surface area is 91.2 Å². The summed E-state index contributed by atoms with van der Waals surface area (Å²) in [5.74, 6) is 3.88. The summed E-state index contributed by atoms with van der Waals surface area (Å²) in [6, 6.07) is 4.04. The second-order valence-corrected chi connectivity index (χ2v) is 2.77. The van der Waals surface area contributed by atoms with Crippen molar-refractivity contribution in [1.29, 1.82) is 0 Å². The molecule has 0 radical (unpaired) electrons. The van der Waals surface area contributed by atoms with Gasteiger partial charge in [0.1, 0.15) is 5.69 Å². The highest BCUT2D eigenvalue weighted by Gasteiger charge is 2.10. The lowest BCUT2D eigenvalue weighted by Crippen LogP contribution is -1.97. The van der Waals surface area contributed by atoms with Crippen LogP contribution in [0.15, 0.2) is 18.2 Å². The van der Waals surface area contributed by atoms with Crippen LogP contribution >= 0.6 is 0 Å². The first-order chi connectivity index (χ1) is 7.54. The van der Waals surface area contributed by atoms with E-state index in [2.05, 4.69) is 16.6 Å². The SMILES string of the molecule is COC(=O)C#Cc1ccc(N)c([N+](=O)[O-])c1. The van der Waals surface area contributed by atoms with E-state index < -0.39 is 10.9 Å². The fourth-order valence-electron chi connectivity index (χ4n) is 0.954. The second-order valence-electron chi connectivity index (χ2n) is 2.77. The van der Waals surface area contributed by atoms with Gasteiger partial charge in [-0.2, -0.15) is 0 Å². The lowest BCUT2D eigenvalue weighted by atomic mass is 10.2. The van der Waals surface area contributed by atoms with Gasteiger partial charge in [0.15, 0.2) is 0 Å². The van der Waals surface area contributed by atoms with Crippen molar-refractivity contribution in [3.8, 4) is 11.8 Å². The highest BCUT2D eigenvalue weighted by atomic mass is 16.6. The number of esters is 1. The summed E-state index contributed by atoms with van der Waals surface area (Å²) in [6.07, 6.45) is 0. The fraction of sp³-hybridized carbons (Fsp3) is 0.100. The molecule has 0 saturated carbocycles. The number of anilines is 1. The normalized spacial score (nSPS) is 8.81. The van der Waals surface area contributed by atoms with Gasteiger partial charge < -0.3 is 10.5 Å². The quantitative estimate of drug-likeness (QED) is 0.247. The van der Waals surface area contributed by atoms with Gasteiger partial charge in [0, 0.05) is 17.6 Å². The van der Waals surface area contributed by atoms with Gasteiger partial charge in [0.25, 0.3) is 5.69 Å². The minimum absolute atomic E-state index is 0.0496. The van der Waals surface area contributed by atoms with E-state index in [1.54, 1.807) is 0 Å². The predicted molar refractivity (Wildman–Crippen MR) is 56.4 cm³/mol. The Hall–Kier alpha value is -2.55. The number of carbonyl (C=O) groups is 1. The maximum Gasteiger partial charge on any atom is 0.384 e. The molecular weight excluding hydrogens is 212 g/mol. The summed E-state index contributed by atoms with van der Waals surface area (Å²) >= 11 is 0. The molecule has 1 aromatic carbocycles. The lowest BCUT2D eigenvalue weighted by Gasteiger charge is -1.96. The molecule has 0 bridgehead atoms. The number of nitro benzene ring substituents is 1. The van der Waals surface area contributed by atoms with Crippen molar-refractivity contribution < 1.29 is 14.5 Å².